The highest BCUT2D eigenvalue weighted by Gasteiger charge is 2.41. The van der Waals surface area contributed by atoms with Gasteiger partial charge in [-0.3, -0.25) is 9.78 Å². The van der Waals surface area contributed by atoms with Gasteiger partial charge >= 0.3 is 0 Å². The third kappa shape index (κ3) is 3.82. The van der Waals surface area contributed by atoms with Gasteiger partial charge in [0.05, 0.1) is 13.2 Å². The van der Waals surface area contributed by atoms with Crippen molar-refractivity contribution in [3.05, 3.63) is 24.0 Å². The highest BCUT2D eigenvalue weighted by Crippen LogP contribution is 2.31. The number of carbonyl (C=O) groups is 1. The third-order valence-electron chi connectivity index (χ3n) is 4.46. The van der Waals surface area contributed by atoms with E-state index >= 15 is 0 Å². The van der Waals surface area contributed by atoms with Crippen molar-refractivity contribution in [3.8, 4) is 0 Å². The van der Waals surface area contributed by atoms with Crippen molar-refractivity contribution in [2.24, 2.45) is 0 Å². The molecule has 23 heavy (non-hydrogen) atoms. The van der Waals surface area contributed by atoms with E-state index in [9.17, 15) is 4.79 Å². The van der Waals surface area contributed by atoms with E-state index < -0.39 is 5.79 Å². The van der Waals surface area contributed by atoms with Gasteiger partial charge in [-0.1, -0.05) is 13.3 Å². The summed E-state index contributed by atoms with van der Waals surface area (Å²) < 4.78 is 11.4. The quantitative estimate of drug-likeness (QED) is 0.844. The molecule has 2 aliphatic rings. The normalized spacial score (nSPS) is 20.0. The second-order valence-corrected chi connectivity index (χ2v) is 6.11. The minimum absolute atomic E-state index is 0.0167. The van der Waals surface area contributed by atoms with Crippen molar-refractivity contribution < 1.29 is 14.3 Å². The number of amides is 1. The summed E-state index contributed by atoms with van der Waals surface area (Å²) in [5, 5.41) is 3.33. The van der Waals surface area contributed by atoms with Crippen LogP contribution in [0.1, 0.15) is 43.1 Å². The second-order valence-electron chi connectivity index (χ2n) is 6.11. The largest absolute Gasteiger partial charge is 0.385 e. The number of carbonyl (C=O) groups excluding carboxylic acids is 1. The molecule has 0 atom stereocenters. The zero-order valence-electron chi connectivity index (χ0n) is 13.7. The molecule has 0 aromatic carbocycles. The van der Waals surface area contributed by atoms with Crippen molar-refractivity contribution in [1.82, 2.24) is 9.88 Å². The van der Waals surface area contributed by atoms with E-state index in [-0.39, 0.29) is 5.91 Å². The fraction of sp³-hybridized carbons (Fsp3) is 0.647. The highest BCUT2D eigenvalue weighted by atomic mass is 16.7. The predicted molar refractivity (Wildman–Crippen MR) is 87.4 cm³/mol. The Bertz CT molecular complexity index is 534. The van der Waals surface area contributed by atoms with Gasteiger partial charge in [-0.15, -0.1) is 0 Å². The van der Waals surface area contributed by atoms with Crippen LogP contribution in [0.5, 0.6) is 0 Å². The van der Waals surface area contributed by atoms with Gasteiger partial charge in [-0.25, -0.2) is 0 Å². The smallest absolute Gasteiger partial charge is 0.272 e. The summed E-state index contributed by atoms with van der Waals surface area (Å²) in [6.45, 7) is 5.67. The Morgan fingerprint density at radius 1 is 1.35 bits per heavy atom. The molecule has 1 spiro atoms. The van der Waals surface area contributed by atoms with Gasteiger partial charge in [-0.2, -0.15) is 0 Å². The summed E-state index contributed by atoms with van der Waals surface area (Å²) in [7, 11) is 0. The molecule has 3 rings (SSSR count). The Morgan fingerprint density at radius 3 is 2.78 bits per heavy atom. The van der Waals surface area contributed by atoms with Gasteiger partial charge < -0.3 is 19.7 Å². The Labute approximate surface area is 137 Å². The van der Waals surface area contributed by atoms with Gasteiger partial charge in [0.1, 0.15) is 5.69 Å². The van der Waals surface area contributed by atoms with Gasteiger partial charge in [0, 0.05) is 44.4 Å². The molecule has 0 aliphatic carbocycles. The van der Waals surface area contributed by atoms with Gasteiger partial charge in [0.25, 0.3) is 5.91 Å². The fourth-order valence-corrected chi connectivity index (χ4v) is 3.07. The molecule has 2 saturated heterocycles. The summed E-state index contributed by atoms with van der Waals surface area (Å²) in [6.07, 6.45) is 5.40. The molecule has 0 saturated carbocycles. The lowest BCUT2D eigenvalue weighted by atomic mass is 10.0. The maximum Gasteiger partial charge on any atom is 0.272 e. The molecule has 1 N–H and O–H groups in total. The van der Waals surface area contributed by atoms with E-state index in [0.717, 1.165) is 37.9 Å². The van der Waals surface area contributed by atoms with Crippen molar-refractivity contribution in [1.29, 1.82) is 0 Å². The standard InChI is InChI=1S/C17H25N3O3/c1-2-3-7-18-14-4-8-19-15(13-14)16(21)20-9-5-17(6-10-20)22-11-12-23-17/h4,8,13H,2-3,5-7,9-12H2,1H3,(H,18,19). The highest BCUT2D eigenvalue weighted by molar-refractivity contribution is 5.93. The third-order valence-corrected chi connectivity index (χ3v) is 4.46. The van der Waals surface area contributed by atoms with Crippen molar-refractivity contribution in [3.63, 3.8) is 0 Å². The number of unbranched alkanes of at least 4 members (excludes halogenated alkanes) is 1. The minimum Gasteiger partial charge on any atom is -0.385 e. The maximum atomic E-state index is 12.6. The summed E-state index contributed by atoms with van der Waals surface area (Å²) in [4.78, 5) is 18.7. The number of nitrogens with zero attached hydrogens (tertiary/aromatic N) is 2. The van der Waals surface area contributed by atoms with Crippen LogP contribution >= 0.6 is 0 Å². The number of anilines is 1. The molecule has 1 aromatic rings. The first kappa shape index (κ1) is 16.2. The first-order valence-electron chi connectivity index (χ1n) is 8.49. The first-order valence-corrected chi connectivity index (χ1v) is 8.49. The van der Waals surface area contributed by atoms with E-state index in [1.165, 1.54) is 0 Å². The van der Waals surface area contributed by atoms with Crippen LogP contribution in [0, 0.1) is 0 Å². The van der Waals surface area contributed by atoms with Crippen molar-refractivity contribution in [2.45, 2.75) is 38.4 Å². The Balaban J connectivity index is 1.58. The molecule has 1 aromatic heterocycles. The van der Waals surface area contributed by atoms with Crippen LogP contribution in [-0.4, -0.2) is 54.4 Å². The summed E-state index contributed by atoms with van der Waals surface area (Å²) in [5.74, 6) is -0.467. The minimum atomic E-state index is -0.451. The summed E-state index contributed by atoms with van der Waals surface area (Å²) >= 11 is 0. The monoisotopic (exact) mass is 319 g/mol. The molecule has 0 bridgehead atoms. The number of aromatic nitrogens is 1. The Morgan fingerprint density at radius 2 is 2.09 bits per heavy atom. The molecule has 0 radical (unpaired) electrons. The average Bonchev–Trinajstić information content (AvgIpc) is 3.04. The van der Waals surface area contributed by atoms with Crippen LogP contribution in [-0.2, 0) is 9.47 Å². The van der Waals surface area contributed by atoms with Crippen LogP contribution in [0.3, 0.4) is 0 Å². The van der Waals surface area contributed by atoms with Crippen LogP contribution in [0.2, 0.25) is 0 Å². The lowest BCUT2D eigenvalue weighted by molar-refractivity contribution is -0.181. The molecule has 6 heteroatoms. The molecule has 3 heterocycles. The van der Waals surface area contributed by atoms with Gasteiger partial charge in [0.15, 0.2) is 5.79 Å². The molecule has 0 unspecified atom stereocenters. The van der Waals surface area contributed by atoms with E-state index in [4.69, 9.17) is 9.47 Å². The fourth-order valence-electron chi connectivity index (χ4n) is 3.07. The van der Waals surface area contributed by atoms with Gasteiger partial charge in [-0.05, 0) is 18.6 Å². The predicted octanol–water partition coefficient (Wildman–Crippen LogP) is 2.27. The van der Waals surface area contributed by atoms with Crippen LogP contribution in [0.4, 0.5) is 5.69 Å². The lowest BCUT2D eigenvalue weighted by Gasteiger charge is -2.37. The van der Waals surface area contributed by atoms with Crippen LogP contribution < -0.4 is 5.32 Å². The molecule has 2 fully saturated rings. The SMILES string of the molecule is CCCCNc1ccnc(C(=O)N2CCC3(CC2)OCCO3)c1. The van der Waals surface area contributed by atoms with E-state index in [1.54, 1.807) is 6.20 Å². The first-order chi connectivity index (χ1) is 11.2. The van der Waals surface area contributed by atoms with Crippen LogP contribution in [0.25, 0.3) is 0 Å². The number of hydrogen-bond donors (Lipinski definition) is 1. The number of likely N-dealkylation sites (tertiary alicyclic amines) is 1. The topological polar surface area (TPSA) is 63.7 Å². The number of pyridine rings is 1. The number of rotatable bonds is 5. The zero-order chi connectivity index (χ0) is 16.1. The Hall–Kier alpha value is -1.66. The number of piperidine rings is 1. The zero-order valence-corrected chi connectivity index (χ0v) is 13.7. The van der Waals surface area contributed by atoms with E-state index in [2.05, 4.69) is 17.2 Å². The van der Waals surface area contributed by atoms with Crippen molar-refractivity contribution in [2.75, 3.05) is 38.2 Å². The van der Waals surface area contributed by atoms with E-state index in [1.807, 2.05) is 17.0 Å². The maximum absolute atomic E-state index is 12.6. The molecular formula is C17H25N3O3. The van der Waals surface area contributed by atoms with Gasteiger partial charge in [0.2, 0.25) is 0 Å². The number of nitrogens with one attached hydrogen (secondary N) is 1. The summed E-state index contributed by atoms with van der Waals surface area (Å²) in [5.41, 5.74) is 1.45. The molecule has 126 valence electrons. The summed E-state index contributed by atoms with van der Waals surface area (Å²) in [6, 6.07) is 3.74. The van der Waals surface area contributed by atoms with Crippen molar-refractivity contribution >= 4 is 11.6 Å². The molecule has 1 amide bonds. The molecule has 2 aliphatic heterocycles. The van der Waals surface area contributed by atoms with Crippen LogP contribution in [0.15, 0.2) is 18.3 Å². The molecular weight excluding hydrogens is 294 g/mol. The second kappa shape index (κ2) is 7.27. The molecule has 6 nitrogen and oxygen atoms in total. The number of ether oxygens (including phenoxy) is 2. The lowest BCUT2D eigenvalue weighted by Crippen LogP contribution is -2.47. The average molecular weight is 319 g/mol. The Kier molecular flexibility index (Phi) is 5.13. The van der Waals surface area contributed by atoms with E-state index in [0.29, 0.717) is 32.0 Å². The number of hydrogen-bond acceptors (Lipinski definition) is 5.